The van der Waals surface area contributed by atoms with E-state index in [0.29, 0.717) is 5.69 Å². The predicted octanol–water partition coefficient (Wildman–Crippen LogP) is 2.30. The topological polar surface area (TPSA) is 83.7 Å². The molecule has 4 atom stereocenters. The number of aryl methyl sites for hydroxylation is 2. The highest BCUT2D eigenvalue weighted by Crippen LogP contribution is 2.53. The zero-order chi connectivity index (χ0) is 20.4. The van der Waals surface area contributed by atoms with Gasteiger partial charge in [0.1, 0.15) is 6.04 Å². The third-order valence-corrected chi connectivity index (χ3v) is 6.22. The van der Waals surface area contributed by atoms with Crippen molar-refractivity contribution in [3.8, 4) is 0 Å². The molecule has 2 N–H and O–H groups in total. The van der Waals surface area contributed by atoms with Gasteiger partial charge in [0, 0.05) is 6.20 Å². The molecular formula is C23H21N3O3. The molecule has 3 aliphatic rings. The molecule has 6 nitrogen and oxygen atoms in total. The maximum absolute atomic E-state index is 13.6. The SMILES string of the molecule is Cc1cc(C)cc(N2C(=O)[C@@H]3[C@H](C2=O)[C@H]2c4ccccc4C=CN2[C@H]3C(N)=O)c1. The van der Waals surface area contributed by atoms with Gasteiger partial charge in [0.25, 0.3) is 0 Å². The van der Waals surface area contributed by atoms with Gasteiger partial charge in [0.05, 0.1) is 23.6 Å². The molecule has 29 heavy (non-hydrogen) atoms. The van der Waals surface area contributed by atoms with E-state index in [1.165, 1.54) is 4.90 Å². The Balaban J connectivity index is 1.66. The highest BCUT2D eigenvalue weighted by Gasteiger charge is 2.64. The molecule has 3 heterocycles. The first-order valence-corrected chi connectivity index (χ1v) is 9.68. The Bertz CT molecular complexity index is 1090. The summed E-state index contributed by atoms with van der Waals surface area (Å²) in [5.74, 6) is -2.65. The van der Waals surface area contributed by atoms with Crippen LogP contribution in [-0.4, -0.2) is 28.7 Å². The van der Waals surface area contributed by atoms with E-state index in [1.807, 2.05) is 62.4 Å². The zero-order valence-corrected chi connectivity index (χ0v) is 16.2. The molecule has 2 aromatic rings. The lowest BCUT2D eigenvalue weighted by Gasteiger charge is -2.34. The number of imide groups is 1. The minimum absolute atomic E-state index is 0.270. The fourth-order valence-corrected chi connectivity index (χ4v) is 5.22. The normalized spacial score (nSPS) is 27.1. The number of primary amides is 1. The zero-order valence-electron chi connectivity index (χ0n) is 16.2. The molecule has 2 fully saturated rings. The molecule has 0 aliphatic carbocycles. The third kappa shape index (κ3) is 2.38. The first kappa shape index (κ1) is 17.7. The standard InChI is InChI=1S/C23H21N3O3/c1-12-9-13(2)11-15(10-12)26-22(28)17-18(23(26)29)20(21(24)27)25-8-7-14-5-3-4-6-16(14)19(17)25/h3-11,17-20H,1-2H3,(H2,24,27)/t17-,18+,19+,20+/m0/s1. The Labute approximate surface area is 168 Å². The molecule has 0 unspecified atom stereocenters. The first-order chi connectivity index (χ1) is 13.9. The fourth-order valence-electron chi connectivity index (χ4n) is 5.22. The van der Waals surface area contributed by atoms with Crippen LogP contribution in [0.2, 0.25) is 0 Å². The minimum Gasteiger partial charge on any atom is -0.368 e. The van der Waals surface area contributed by atoms with E-state index in [4.69, 9.17) is 5.73 Å². The molecule has 0 spiro atoms. The largest absolute Gasteiger partial charge is 0.368 e. The van der Waals surface area contributed by atoms with Gasteiger partial charge in [-0.05, 0) is 54.3 Å². The summed E-state index contributed by atoms with van der Waals surface area (Å²) in [7, 11) is 0. The molecule has 3 aliphatic heterocycles. The van der Waals surface area contributed by atoms with Crippen molar-refractivity contribution < 1.29 is 14.4 Å². The summed E-state index contributed by atoms with van der Waals surface area (Å²) in [5, 5.41) is 0. The summed E-state index contributed by atoms with van der Waals surface area (Å²) in [6, 6.07) is 12.2. The summed E-state index contributed by atoms with van der Waals surface area (Å²) in [4.78, 5) is 42.4. The van der Waals surface area contributed by atoms with Gasteiger partial charge in [0.15, 0.2) is 0 Å². The molecule has 0 radical (unpaired) electrons. The van der Waals surface area contributed by atoms with Crippen molar-refractivity contribution in [2.24, 2.45) is 17.6 Å². The van der Waals surface area contributed by atoms with E-state index < -0.39 is 23.8 Å². The summed E-state index contributed by atoms with van der Waals surface area (Å²) in [5.41, 5.74) is 10.1. The Hall–Kier alpha value is -3.41. The average Bonchev–Trinajstić information content (AvgIpc) is 3.14. The predicted molar refractivity (Wildman–Crippen MR) is 108 cm³/mol. The van der Waals surface area contributed by atoms with Crippen LogP contribution in [0.4, 0.5) is 5.69 Å². The number of carbonyl (C=O) groups is 3. The molecule has 5 rings (SSSR count). The van der Waals surface area contributed by atoms with Crippen LogP contribution in [0.15, 0.2) is 48.7 Å². The number of nitrogens with zero attached hydrogens (tertiary/aromatic N) is 2. The van der Waals surface area contributed by atoms with Crippen LogP contribution >= 0.6 is 0 Å². The number of nitrogens with two attached hydrogens (primary N) is 1. The van der Waals surface area contributed by atoms with E-state index in [9.17, 15) is 14.4 Å². The van der Waals surface area contributed by atoms with Crippen molar-refractivity contribution in [1.29, 1.82) is 0 Å². The van der Waals surface area contributed by atoms with Crippen LogP contribution in [0, 0.1) is 25.7 Å². The summed E-state index contributed by atoms with van der Waals surface area (Å²) in [6.45, 7) is 3.86. The van der Waals surface area contributed by atoms with E-state index in [-0.39, 0.29) is 17.9 Å². The number of hydrogen-bond acceptors (Lipinski definition) is 4. The van der Waals surface area contributed by atoms with Crippen LogP contribution in [-0.2, 0) is 14.4 Å². The number of carbonyl (C=O) groups excluding carboxylic acids is 3. The molecule has 0 bridgehead atoms. The van der Waals surface area contributed by atoms with Gasteiger partial charge in [-0.3, -0.25) is 14.4 Å². The quantitative estimate of drug-likeness (QED) is 0.802. The second kappa shape index (κ2) is 6.04. The summed E-state index contributed by atoms with van der Waals surface area (Å²) >= 11 is 0. The molecule has 2 aromatic carbocycles. The molecule has 0 aromatic heterocycles. The van der Waals surface area contributed by atoms with Gasteiger partial charge in [0.2, 0.25) is 17.7 Å². The van der Waals surface area contributed by atoms with Gasteiger partial charge < -0.3 is 10.6 Å². The van der Waals surface area contributed by atoms with Gasteiger partial charge in [-0.1, -0.05) is 30.3 Å². The summed E-state index contributed by atoms with van der Waals surface area (Å²) in [6.07, 6.45) is 3.70. The Kier molecular flexibility index (Phi) is 3.68. The van der Waals surface area contributed by atoms with Crippen molar-refractivity contribution in [2.75, 3.05) is 4.90 Å². The van der Waals surface area contributed by atoms with Gasteiger partial charge >= 0.3 is 0 Å². The number of rotatable bonds is 2. The molecular weight excluding hydrogens is 366 g/mol. The Morgan fingerprint density at radius 2 is 1.62 bits per heavy atom. The highest BCUT2D eigenvalue weighted by molar-refractivity contribution is 6.24. The van der Waals surface area contributed by atoms with E-state index in [0.717, 1.165) is 22.3 Å². The van der Waals surface area contributed by atoms with Crippen LogP contribution in [0.3, 0.4) is 0 Å². The number of fused-ring (bicyclic) bond motifs is 5. The van der Waals surface area contributed by atoms with Crippen LogP contribution in [0.5, 0.6) is 0 Å². The lowest BCUT2D eigenvalue weighted by atomic mass is 9.84. The first-order valence-electron chi connectivity index (χ1n) is 9.68. The lowest BCUT2D eigenvalue weighted by molar-refractivity contribution is -0.129. The molecule has 0 saturated carbocycles. The smallest absolute Gasteiger partial charge is 0.240 e. The number of amides is 3. The van der Waals surface area contributed by atoms with E-state index >= 15 is 0 Å². The van der Waals surface area contributed by atoms with Crippen molar-refractivity contribution in [3.05, 3.63) is 70.9 Å². The molecule has 3 amide bonds. The summed E-state index contributed by atoms with van der Waals surface area (Å²) < 4.78 is 0. The maximum Gasteiger partial charge on any atom is 0.240 e. The average molecular weight is 387 g/mol. The Morgan fingerprint density at radius 1 is 0.966 bits per heavy atom. The second-order valence-electron chi connectivity index (χ2n) is 8.09. The fraction of sp³-hybridized carbons (Fsp3) is 0.261. The highest BCUT2D eigenvalue weighted by atomic mass is 16.2. The Morgan fingerprint density at radius 3 is 2.31 bits per heavy atom. The van der Waals surface area contributed by atoms with Gasteiger partial charge in [-0.2, -0.15) is 0 Å². The van der Waals surface area contributed by atoms with Crippen molar-refractivity contribution in [3.63, 3.8) is 0 Å². The number of anilines is 1. The molecule has 146 valence electrons. The van der Waals surface area contributed by atoms with E-state index in [2.05, 4.69) is 0 Å². The van der Waals surface area contributed by atoms with E-state index in [1.54, 1.807) is 11.1 Å². The van der Waals surface area contributed by atoms with Crippen molar-refractivity contribution >= 4 is 29.5 Å². The van der Waals surface area contributed by atoms with Crippen molar-refractivity contribution in [2.45, 2.75) is 25.9 Å². The monoisotopic (exact) mass is 387 g/mol. The van der Waals surface area contributed by atoms with Crippen LogP contribution < -0.4 is 10.6 Å². The molecule has 6 heteroatoms. The lowest BCUT2D eigenvalue weighted by Crippen LogP contribution is -2.46. The minimum atomic E-state index is -0.845. The third-order valence-electron chi connectivity index (χ3n) is 6.22. The number of hydrogen-bond donors (Lipinski definition) is 1. The van der Waals surface area contributed by atoms with Gasteiger partial charge in [-0.15, -0.1) is 0 Å². The molecule has 2 saturated heterocycles. The van der Waals surface area contributed by atoms with Crippen LogP contribution in [0.25, 0.3) is 6.08 Å². The number of benzene rings is 2. The van der Waals surface area contributed by atoms with Crippen LogP contribution in [0.1, 0.15) is 28.3 Å². The van der Waals surface area contributed by atoms with Crippen molar-refractivity contribution in [1.82, 2.24) is 4.90 Å². The van der Waals surface area contributed by atoms with Gasteiger partial charge in [-0.25, -0.2) is 4.90 Å². The second-order valence-corrected chi connectivity index (χ2v) is 8.09. The maximum atomic E-state index is 13.6.